The van der Waals surface area contributed by atoms with E-state index in [1.807, 2.05) is 121 Å². The molecular weight excluding hydrogens is 1050 g/mol. The molecule has 0 radical (unpaired) electrons. The van der Waals surface area contributed by atoms with Crippen LogP contribution in [0.25, 0.3) is 135 Å². The first-order valence-electron chi connectivity index (χ1n) is 29.0. The zero-order chi connectivity index (χ0) is 56.7. The van der Waals surface area contributed by atoms with Crippen molar-refractivity contribution in [1.29, 1.82) is 0 Å². The van der Waals surface area contributed by atoms with E-state index in [0.29, 0.717) is 34.9 Å². The van der Waals surface area contributed by atoms with Crippen LogP contribution in [0.3, 0.4) is 0 Å². The van der Waals surface area contributed by atoms with E-state index < -0.39 is 0 Å². The fourth-order valence-electron chi connectivity index (χ4n) is 12.9. The van der Waals surface area contributed by atoms with Crippen LogP contribution in [0.15, 0.2) is 288 Å². The van der Waals surface area contributed by atoms with Crippen molar-refractivity contribution in [2.75, 3.05) is 0 Å². The van der Waals surface area contributed by atoms with Crippen molar-refractivity contribution in [3.05, 3.63) is 312 Å². The minimum Gasteiger partial charge on any atom is -0.456 e. The predicted octanol–water partition coefficient (Wildman–Crippen LogP) is 19.2. The van der Waals surface area contributed by atoms with Crippen molar-refractivity contribution in [3.63, 3.8) is 0 Å². The number of fused-ring (bicyclic) bond motifs is 2. The van der Waals surface area contributed by atoms with E-state index in [1.54, 1.807) is 0 Å². The van der Waals surface area contributed by atoms with E-state index in [0.717, 1.165) is 100 Å². The molecule has 0 saturated carbocycles. The Balaban J connectivity index is 0.687. The zero-order valence-electron chi connectivity index (χ0n) is 46.2. The lowest BCUT2D eigenvalue weighted by Gasteiger charge is -2.42. The normalized spacial score (nSPS) is 13.8. The maximum absolute atomic E-state index is 6.39. The molecule has 4 aromatic heterocycles. The summed E-state index contributed by atoms with van der Waals surface area (Å²) >= 11 is 0. The van der Waals surface area contributed by atoms with Crippen LogP contribution in [0.4, 0.5) is 0 Å². The molecule has 8 heteroatoms. The number of nitrogens with zero attached hydrogens (tertiary/aromatic N) is 6. The number of aromatic nitrogens is 6. The summed E-state index contributed by atoms with van der Waals surface area (Å²) in [7, 11) is 0. The Morgan fingerprint density at radius 2 is 0.512 bits per heavy atom. The van der Waals surface area contributed by atoms with Crippen LogP contribution in [0, 0.1) is 0 Å². The highest BCUT2D eigenvalue weighted by Gasteiger charge is 2.41. The topological polar surface area (TPSA) is 104 Å². The van der Waals surface area contributed by atoms with E-state index in [4.69, 9.17) is 38.7 Å². The quantitative estimate of drug-likeness (QED) is 0.133. The molecule has 15 aromatic rings. The average Bonchev–Trinajstić information content (AvgIpc) is 1.02. The van der Waals surface area contributed by atoms with Crippen LogP contribution in [-0.4, -0.2) is 29.9 Å². The van der Waals surface area contributed by atoms with E-state index in [1.165, 1.54) is 33.4 Å². The Labute approximate surface area is 495 Å². The monoisotopic (exact) mass is 1100 g/mol. The highest BCUT2D eigenvalue weighted by molar-refractivity contribution is 5.89. The van der Waals surface area contributed by atoms with Gasteiger partial charge >= 0.3 is 0 Å². The second kappa shape index (κ2) is 20.2. The van der Waals surface area contributed by atoms with E-state index in [-0.39, 0.29) is 11.8 Å². The van der Waals surface area contributed by atoms with Crippen LogP contribution in [0.5, 0.6) is 0 Å². The maximum Gasteiger partial charge on any atom is 0.164 e. The molecule has 3 aliphatic rings. The van der Waals surface area contributed by atoms with Crippen LogP contribution >= 0.6 is 0 Å². The second-order valence-electron chi connectivity index (χ2n) is 22.1. The van der Waals surface area contributed by atoms with E-state index >= 15 is 0 Å². The van der Waals surface area contributed by atoms with Gasteiger partial charge in [0.05, 0.1) is 0 Å². The summed E-state index contributed by atoms with van der Waals surface area (Å²) in [6, 6.07) is 97.3. The molecule has 0 N–H and O–H groups in total. The summed E-state index contributed by atoms with van der Waals surface area (Å²) in [5, 5.41) is 2.08. The van der Waals surface area contributed by atoms with Crippen molar-refractivity contribution in [2.24, 2.45) is 0 Å². The van der Waals surface area contributed by atoms with Crippen LogP contribution in [0.1, 0.15) is 45.2 Å². The second-order valence-corrected chi connectivity index (χ2v) is 22.1. The number of rotatable bonds is 10. The lowest BCUT2D eigenvalue weighted by molar-refractivity contribution is 0.631. The molecule has 86 heavy (non-hydrogen) atoms. The first kappa shape index (κ1) is 49.2. The maximum atomic E-state index is 6.39. The fourth-order valence-corrected chi connectivity index (χ4v) is 12.9. The number of hydrogen-bond acceptors (Lipinski definition) is 8. The fraction of sp³-hybridized carbons (Fsp3) is 0.0256. The largest absolute Gasteiger partial charge is 0.456 e. The molecule has 2 atom stereocenters. The van der Waals surface area contributed by atoms with E-state index in [2.05, 4.69) is 158 Å². The number of furan rings is 2. The molecular formula is C78H48N6O2. The third-order valence-electron chi connectivity index (χ3n) is 17.0. The molecule has 0 fully saturated rings. The van der Waals surface area contributed by atoms with Crippen molar-refractivity contribution >= 4 is 21.9 Å². The SMILES string of the molecule is c1ccc(-c2nc(-c3ccc(-c4ccc5c(c4)C4c6ccccc6C5c5cc(-c6ccc(-c7nc(-c8ccccc8)nc(-c8ccccc8-c8cc9ccccc9o8)n7)cc6)ccc54)cc3)nc(-c3ccccc3-c3cc4ccccc4o3)n2)cc1. The van der Waals surface area contributed by atoms with Gasteiger partial charge in [-0.25, -0.2) is 29.9 Å². The van der Waals surface area contributed by atoms with Crippen LogP contribution < -0.4 is 0 Å². The zero-order valence-corrected chi connectivity index (χ0v) is 46.2. The van der Waals surface area contributed by atoms with Crippen molar-refractivity contribution in [2.45, 2.75) is 11.8 Å². The Kier molecular flexibility index (Phi) is 11.5. The van der Waals surface area contributed by atoms with Gasteiger partial charge in [0.1, 0.15) is 22.7 Å². The Hall–Kier alpha value is -11.5. The molecule has 18 rings (SSSR count). The molecule has 402 valence electrons. The van der Waals surface area contributed by atoms with E-state index in [9.17, 15) is 0 Å². The van der Waals surface area contributed by atoms with Crippen molar-refractivity contribution in [3.8, 4) is 113 Å². The Morgan fingerprint density at radius 1 is 0.209 bits per heavy atom. The molecule has 0 spiro atoms. The minimum absolute atomic E-state index is 0.0909. The highest BCUT2D eigenvalue weighted by Crippen LogP contribution is 2.57. The summed E-state index contributed by atoms with van der Waals surface area (Å²) in [4.78, 5) is 30.7. The molecule has 2 unspecified atom stereocenters. The Morgan fingerprint density at radius 3 is 0.919 bits per heavy atom. The molecule has 3 aliphatic carbocycles. The predicted molar refractivity (Wildman–Crippen MR) is 342 cm³/mol. The number of hydrogen-bond donors (Lipinski definition) is 0. The molecule has 11 aromatic carbocycles. The number of benzene rings is 11. The van der Waals surface area contributed by atoms with Crippen molar-refractivity contribution < 1.29 is 8.83 Å². The van der Waals surface area contributed by atoms with Gasteiger partial charge in [0.15, 0.2) is 34.9 Å². The summed E-state index contributed by atoms with van der Waals surface area (Å²) in [5.41, 5.74) is 21.6. The first-order chi connectivity index (χ1) is 42.6. The smallest absolute Gasteiger partial charge is 0.164 e. The van der Waals surface area contributed by atoms with Gasteiger partial charge in [0, 0.05) is 67.1 Å². The van der Waals surface area contributed by atoms with Crippen LogP contribution in [-0.2, 0) is 0 Å². The average molecular weight is 1100 g/mol. The van der Waals surface area contributed by atoms with Crippen molar-refractivity contribution in [1.82, 2.24) is 29.9 Å². The molecule has 0 aliphatic heterocycles. The molecule has 0 saturated heterocycles. The van der Waals surface area contributed by atoms with Crippen LogP contribution in [0.2, 0.25) is 0 Å². The van der Waals surface area contributed by atoms with Gasteiger partial charge in [-0.15, -0.1) is 0 Å². The Bertz CT molecular complexity index is 4740. The molecule has 2 bridgehead atoms. The van der Waals surface area contributed by atoms with Gasteiger partial charge in [0.2, 0.25) is 0 Å². The minimum atomic E-state index is 0.0909. The van der Waals surface area contributed by atoms with Gasteiger partial charge in [-0.1, -0.05) is 243 Å². The highest BCUT2D eigenvalue weighted by atomic mass is 16.3. The number of para-hydroxylation sites is 2. The summed E-state index contributed by atoms with van der Waals surface area (Å²) in [5.74, 6) is 5.25. The molecule has 8 nitrogen and oxygen atoms in total. The molecule has 0 amide bonds. The summed E-state index contributed by atoms with van der Waals surface area (Å²) in [6.45, 7) is 0. The van der Waals surface area contributed by atoms with Gasteiger partial charge in [-0.3, -0.25) is 0 Å². The lowest BCUT2D eigenvalue weighted by Crippen LogP contribution is -2.27. The van der Waals surface area contributed by atoms with Gasteiger partial charge in [-0.2, -0.15) is 0 Å². The third kappa shape index (κ3) is 8.45. The summed E-state index contributed by atoms with van der Waals surface area (Å²) < 4.78 is 12.8. The summed E-state index contributed by atoms with van der Waals surface area (Å²) in [6.07, 6.45) is 0. The molecule has 4 heterocycles. The first-order valence-corrected chi connectivity index (χ1v) is 29.0. The van der Waals surface area contributed by atoms with Gasteiger partial charge in [-0.05, 0) is 92.0 Å². The van der Waals surface area contributed by atoms with Gasteiger partial charge in [0.25, 0.3) is 0 Å². The standard InChI is InChI=1S/C78H48N6O2/c1-3-17-49(18-4-1)73-79-75(83-77(81-73)63-27-13-9-23-57(63)69-45-55-21-7-15-29-67(55)85-69)51-35-31-47(32-36-51)53-39-41-61-65(43-53)71-59-25-11-12-26-60(59)72(61)66-44-54(40-42-62(66)71)48-33-37-52(38-34-48)76-80-74(50-19-5-2-6-20-50)82-78(84-76)64-28-14-10-24-58(64)70-46-56-22-8-16-30-68(56)86-70/h1-46,71-72H. The lowest BCUT2D eigenvalue weighted by atomic mass is 9.60. The third-order valence-corrected chi connectivity index (χ3v) is 17.0. The van der Waals surface area contributed by atoms with Gasteiger partial charge < -0.3 is 8.83 Å².